The number of carbonyl (C=O) groups excluding carboxylic acids is 2. The number of benzene rings is 6. The molecule has 0 radical (unpaired) electrons. The van der Waals surface area contributed by atoms with Gasteiger partial charge in [-0.05, 0) is 95.1 Å². The lowest BCUT2D eigenvalue weighted by Crippen LogP contribution is -2.50. The van der Waals surface area contributed by atoms with Crippen LogP contribution in [0.25, 0.3) is 0 Å². The first kappa shape index (κ1) is 37.1. The monoisotopic (exact) mass is 748 g/mol. The maximum atomic E-state index is 15.7. The Labute approximate surface area is 312 Å². The van der Waals surface area contributed by atoms with E-state index in [1.807, 2.05) is 0 Å². The summed E-state index contributed by atoms with van der Waals surface area (Å²) in [5.74, 6) is -4.37. The van der Waals surface area contributed by atoms with Gasteiger partial charge in [-0.3, -0.25) is 20.1 Å². The third-order valence-corrected chi connectivity index (χ3v) is 10.1. The van der Waals surface area contributed by atoms with Gasteiger partial charge in [-0.25, -0.2) is 37.4 Å². The van der Waals surface area contributed by atoms with Crippen molar-refractivity contribution in [3.05, 3.63) is 203 Å². The highest BCUT2D eigenvalue weighted by Gasteiger charge is 2.66. The molecule has 2 N–H and O–H groups in total. The summed E-state index contributed by atoms with van der Waals surface area (Å²) in [6, 6.07) is 35.4. The Morgan fingerprint density at radius 1 is 0.436 bits per heavy atom. The fraction of sp³-hybridized carbons (Fsp3) is 0.116. The average Bonchev–Trinajstić information content (AvgIpc) is 3.42. The molecule has 2 amide bonds. The van der Waals surface area contributed by atoms with Crippen LogP contribution in [0.5, 0.6) is 0 Å². The molecule has 7 rings (SSSR count). The lowest BCUT2D eigenvalue weighted by Gasteiger charge is -2.42. The van der Waals surface area contributed by atoms with Gasteiger partial charge < -0.3 is 0 Å². The molecule has 0 saturated carbocycles. The molecule has 0 bridgehead atoms. The van der Waals surface area contributed by atoms with E-state index in [0.29, 0.717) is 0 Å². The number of amides is 2. The Bertz CT molecular complexity index is 2020. The molecule has 1 heterocycles. The van der Waals surface area contributed by atoms with Gasteiger partial charge in [-0.1, -0.05) is 84.9 Å². The van der Waals surface area contributed by atoms with Gasteiger partial charge in [-0.15, -0.1) is 0 Å². The largest absolute Gasteiger partial charge is 0.271 e. The molecular formula is C43H32F4N2O6. The molecule has 1 fully saturated rings. The van der Waals surface area contributed by atoms with Gasteiger partial charge in [0.25, 0.3) is 11.8 Å². The standard InChI is InChI=1S/C43H32F4N2O6/c44-33-19-11-29(12-20-33)42(54-52,30-13-21-34(45)22-14-30)27-41(28-43(55-53,31-15-23-35(46)24-16-31)32-17-25-36(47)26-18-32)39(50)48(37-7-3-1-4-8-37)49(40(41)51)38-9-5-2-6-10-38/h1-26,52-53H,27-28H2. The lowest BCUT2D eigenvalue weighted by atomic mass is 9.64. The minimum atomic E-state index is -2.44. The Kier molecular flexibility index (Phi) is 10.1. The first-order valence-corrected chi connectivity index (χ1v) is 17.1. The topological polar surface area (TPSA) is 99.5 Å². The van der Waals surface area contributed by atoms with E-state index in [2.05, 4.69) is 0 Å². The van der Waals surface area contributed by atoms with Crippen LogP contribution in [0.4, 0.5) is 28.9 Å². The number of hydrogen-bond donors (Lipinski definition) is 2. The number of carbonyl (C=O) groups is 2. The molecule has 1 saturated heterocycles. The van der Waals surface area contributed by atoms with Crippen LogP contribution in [0.2, 0.25) is 0 Å². The van der Waals surface area contributed by atoms with Crippen molar-refractivity contribution in [2.24, 2.45) is 5.41 Å². The highest BCUT2D eigenvalue weighted by molar-refractivity contribution is 6.26. The van der Waals surface area contributed by atoms with Crippen molar-refractivity contribution in [3.63, 3.8) is 0 Å². The molecule has 0 unspecified atom stereocenters. The van der Waals surface area contributed by atoms with Crippen LogP contribution >= 0.6 is 0 Å². The van der Waals surface area contributed by atoms with Crippen molar-refractivity contribution in [3.8, 4) is 0 Å². The van der Waals surface area contributed by atoms with Gasteiger partial charge in [-0.2, -0.15) is 0 Å². The average molecular weight is 749 g/mol. The molecule has 0 atom stereocenters. The summed E-state index contributed by atoms with van der Waals surface area (Å²) >= 11 is 0. The van der Waals surface area contributed by atoms with Crippen LogP contribution < -0.4 is 10.0 Å². The summed E-state index contributed by atoms with van der Waals surface area (Å²) in [5, 5.41) is 24.5. The van der Waals surface area contributed by atoms with Crippen LogP contribution in [0, 0.1) is 28.7 Å². The summed E-state index contributed by atoms with van der Waals surface area (Å²) in [5.41, 5.74) is -6.11. The molecule has 8 nitrogen and oxygen atoms in total. The van der Waals surface area contributed by atoms with Crippen LogP contribution in [-0.4, -0.2) is 22.3 Å². The quantitative estimate of drug-likeness (QED) is 0.0561. The Morgan fingerprint density at radius 3 is 0.927 bits per heavy atom. The van der Waals surface area contributed by atoms with Gasteiger partial charge >= 0.3 is 0 Å². The van der Waals surface area contributed by atoms with Crippen LogP contribution in [0.15, 0.2) is 158 Å². The number of hydrazine groups is 1. The van der Waals surface area contributed by atoms with Gasteiger partial charge in [0.05, 0.1) is 11.4 Å². The van der Waals surface area contributed by atoms with E-state index in [-0.39, 0.29) is 33.6 Å². The van der Waals surface area contributed by atoms with Crippen molar-refractivity contribution in [1.29, 1.82) is 0 Å². The number of hydrogen-bond acceptors (Lipinski definition) is 6. The fourth-order valence-corrected chi connectivity index (χ4v) is 7.39. The molecule has 278 valence electrons. The zero-order valence-corrected chi connectivity index (χ0v) is 28.9. The maximum absolute atomic E-state index is 15.7. The second kappa shape index (κ2) is 14.9. The Hall–Kier alpha value is -6.18. The van der Waals surface area contributed by atoms with E-state index in [0.717, 1.165) is 58.5 Å². The first-order valence-electron chi connectivity index (χ1n) is 17.1. The summed E-state index contributed by atoms with van der Waals surface area (Å²) in [7, 11) is 0. The van der Waals surface area contributed by atoms with E-state index in [4.69, 9.17) is 9.78 Å². The Balaban J connectivity index is 1.56. The molecule has 0 aromatic heterocycles. The summed E-state index contributed by atoms with van der Waals surface area (Å²) < 4.78 is 57.8. The van der Waals surface area contributed by atoms with Crippen LogP contribution in [0.1, 0.15) is 35.1 Å². The fourth-order valence-electron chi connectivity index (χ4n) is 7.39. The highest BCUT2D eigenvalue weighted by atomic mass is 19.1. The number of para-hydroxylation sites is 2. The van der Waals surface area contributed by atoms with Crippen molar-refractivity contribution < 1.29 is 47.4 Å². The SMILES string of the molecule is O=C1N(c2ccccc2)N(c2ccccc2)C(=O)C1(CC(OO)(c1ccc(F)cc1)c1ccc(F)cc1)CC(OO)(c1ccc(F)cc1)c1ccc(F)cc1. The van der Waals surface area contributed by atoms with Gasteiger partial charge in [0.1, 0.15) is 28.7 Å². The molecular weight excluding hydrogens is 716 g/mol. The second-order valence-corrected chi connectivity index (χ2v) is 13.2. The van der Waals surface area contributed by atoms with Crippen molar-refractivity contribution >= 4 is 23.2 Å². The molecule has 1 aliphatic rings. The lowest BCUT2D eigenvalue weighted by molar-refractivity contribution is -0.331. The Morgan fingerprint density at radius 2 is 0.691 bits per heavy atom. The molecule has 1 aliphatic heterocycles. The molecule has 0 spiro atoms. The normalized spacial score (nSPS) is 14.4. The van der Waals surface area contributed by atoms with Crippen molar-refractivity contribution in [2.45, 2.75) is 24.0 Å². The first-order chi connectivity index (χ1) is 26.6. The number of halogens is 4. The smallest absolute Gasteiger partial charge is 0.262 e. The second-order valence-electron chi connectivity index (χ2n) is 13.2. The van der Waals surface area contributed by atoms with E-state index in [1.165, 1.54) is 48.5 Å². The number of nitrogens with zero attached hydrogens (tertiary/aromatic N) is 2. The molecule has 12 heteroatoms. The summed E-state index contributed by atoms with van der Waals surface area (Å²) in [6.07, 6.45) is -1.54. The molecule has 55 heavy (non-hydrogen) atoms. The predicted molar refractivity (Wildman–Crippen MR) is 194 cm³/mol. The third-order valence-electron chi connectivity index (χ3n) is 10.1. The van der Waals surface area contributed by atoms with E-state index in [9.17, 15) is 28.1 Å². The molecule has 6 aromatic rings. The highest BCUT2D eigenvalue weighted by Crippen LogP contribution is 2.55. The zero-order valence-electron chi connectivity index (χ0n) is 28.9. The molecule has 6 aromatic carbocycles. The minimum Gasteiger partial charge on any atom is -0.271 e. The minimum absolute atomic E-state index is 0.0616. The van der Waals surface area contributed by atoms with Crippen LogP contribution in [0.3, 0.4) is 0 Å². The van der Waals surface area contributed by atoms with E-state index >= 15 is 9.59 Å². The van der Waals surface area contributed by atoms with E-state index < -0.39 is 64.5 Å². The molecule has 0 aliphatic carbocycles. The zero-order chi connectivity index (χ0) is 38.8. The number of rotatable bonds is 12. The number of anilines is 2. The van der Waals surface area contributed by atoms with Gasteiger partial charge in [0.2, 0.25) is 0 Å². The van der Waals surface area contributed by atoms with Gasteiger partial charge in [0, 0.05) is 12.8 Å². The maximum Gasteiger partial charge on any atom is 0.262 e. The summed E-state index contributed by atoms with van der Waals surface area (Å²) in [6.45, 7) is 0. The van der Waals surface area contributed by atoms with Crippen LogP contribution in [-0.2, 0) is 30.6 Å². The van der Waals surface area contributed by atoms with Gasteiger partial charge in [0.15, 0.2) is 11.2 Å². The third kappa shape index (κ3) is 6.55. The van der Waals surface area contributed by atoms with Crippen molar-refractivity contribution in [2.75, 3.05) is 10.0 Å². The predicted octanol–water partition coefficient (Wildman–Crippen LogP) is 9.17. The van der Waals surface area contributed by atoms with E-state index in [1.54, 1.807) is 60.7 Å². The van der Waals surface area contributed by atoms with Crippen molar-refractivity contribution in [1.82, 2.24) is 0 Å². The summed E-state index contributed by atoms with van der Waals surface area (Å²) in [4.78, 5) is 42.1.